The van der Waals surface area contributed by atoms with Crippen LogP contribution in [0.3, 0.4) is 0 Å². The van der Waals surface area contributed by atoms with E-state index in [9.17, 15) is 18.4 Å². The maximum Gasteiger partial charge on any atom is 0.352 e. The second-order valence-corrected chi connectivity index (χ2v) is 7.80. The van der Waals surface area contributed by atoms with E-state index in [1.165, 1.54) is 36.4 Å². The molecule has 0 bridgehead atoms. The second-order valence-electron chi connectivity index (χ2n) is 7.40. The molecule has 4 rings (SSSR count). The number of nitrogens with two attached hydrogens (primary N) is 1. The van der Waals surface area contributed by atoms with E-state index in [0.717, 1.165) is 16.3 Å². The lowest BCUT2D eigenvalue weighted by Gasteiger charge is -2.16. The Bertz CT molecular complexity index is 1400. The molecule has 0 saturated carbocycles. The predicted molar refractivity (Wildman–Crippen MR) is 122 cm³/mol. The highest BCUT2D eigenvalue weighted by Gasteiger charge is 2.21. The summed E-state index contributed by atoms with van der Waals surface area (Å²) in [6, 6.07) is 17.9. The number of para-hydroxylation sites is 1. The van der Waals surface area contributed by atoms with Gasteiger partial charge in [-0.2, -0.15) is 5.10 Å². The topological polar surface area (TPSA) is 82.9 Å². The predicted octanol–water partition coefficient (Wildman–Crippen LogP) is 3.62. The zero-order valence-electron chi connectivity index (χ0n) is 17.3. The SMILES string of the molecule is NC(Cn1nc(Cc2c(F)cccc2Cl)c(=O)n(-c2ccccc2F)c1=O)c1ccccc1. The van der Waals surface area contributed by atoms with E-state index in [1.807, 2.05) is 6.07 Å². The second kappa shape index (κ2) is 9.48. The number of hydrogen-bond donors (Lipinski definition) is 1. The molecule has 168 valence electrons. The van der Waals surface area contributed by atoms with Gasteiger partial charge in [-0.15, -0.1) is 0 Å². The number of halogens is 3. The van der Waals surface area contributed by atoms with Crippen molar-refractivity contribution >= 4 is 11.6 Å². The molecule has 0 amide bonds. The van der Waals surface area contributed by atoms with Crippen LogP contribution in [0.25, 0.3) is 5.69 Å². The summed E-state index contributed by atoms with van der Waals surface area (Å²) in [5.41, 5.74) is 4.91. The largest absolute Gasteiger partial charge is 0.352 e. The molecule has 1 unspecified atom stereocenters. The van der Waals surface area contributed by atoms with Crippen LogP contribution in [0.4, 0.5) is 8.78 Å². The molecule has 1 aromatic heterocycles. The molecule has 1 atom stereocenters. The number of rotatable bonds is 6. The van der Waals surface area contributed by atoms with Crippen molar-refractivity contribution in [2.75, 3.05) is 0 Å². The van der Waals surface area contributed by atoms with Crippen LogP contribution in [-0.4, -0.2) is 14.3 Å². The standard InChI is InChI=1S/C24H19ClF2N4O2/c25-17-9-6-11-18(26)16(17)13-21-23(32)31(22-12-5-4-10-19(22)27)24(33)30(29-21)14-20(28)15-7-2-1-3-8-15/h1-12,20H,13-14,28H2. The molecule has 0 aliphatic heterocycles. The summed E-state index contributed by atoms with van der Waals surface area (Å²) in [6.07, 6.45) is -0.292. The van der Waals surface area contributed by atoms with Crippen molar-refractivity contribution in [2.24, 2.45) is 5.73 Å². The average molecular weight is 469 g/mol. The van der Waals surface area contributed by atoms with Crippen molar-refractivity contribution in [1.29, 1.82) is 0 Å². The fraction of sp³-hybridized carbons (Fsp3) is 0.125. The smallest absolute Gasteiger partial charge is 0.322 e. The van der Waals surface area contributed by atoms with Gasteiger partial charge in [-0.1, -0.05) is 60.1 Å². The van der Waals surface area contributed by atoms with Gasteiger partial charge >= 0.3 is 5.69 Å². The van der Waals surface area contributed by atoms with E-state index >= 15 is 0 Å². The lowest BCUT2D eigenvalue weighted by Crippen LogP contribution is -2.44. The fourth-order valence-electron chi connectivity index (χ4n) is 3.50. The van der Waals surface area contributed by atoms with Gasteiger partial charge in [0.1, 0.15) is 17.3 Å². The van der Waals surface area contributed by atoms with Gasteiger partial charge in [0.15, 0.2) is 0 Å². The minimum absolute atomic E-state index is 0.0430. The maximum atomic E-state index is 14.5. The van der Waals surface area contributed by atoms with Gasteiger partial charge in [0.25, 0.3) is 5.56 Å². The lowest BCUT2D eigenvalue weighted by molar-refractivity contribution is 0.466. The van der Waals surface area contributed by atoms with Crippen LogP contribution in [0, 0.1) is 11.6 Å². The molecule has 1 heterocycles. The van der Waals surface area contributed by atoms with Crippen LogP contribution in [0.15, 0.2) is 82.4 Å². The average Bonchev–Trinajstić information content (AvgIpc) is 2.81. The molecule has 33 heavy (non-hydrogen) atoms. The molecule has 0 saturated heterocycles. The van der Waals surface area contributed by atoms with Crippen LogP contribution in [0.2, 0.25) is 5.02 Å². The molecule has 2 N–H and O–H groups in total. The van der Waals surface area contributed by atoms with Crippen LogP contribution in [0.5, 0.6) is 0 Å². The van der Waals surface area contributed by atoms with Gasteiger partial charge in [-0.05, 0) is 29.8 Å². The molecular formula is C24H19ClF2N4O2. The van der Waals surface area contributed by atoms with Crippen molar-refractivity contribution in [1.82, 2.24) is 14.3 Å². The molecule has 0 aliphatic carbocycles. The summed E-state index contributed by atoms with van der Waals surface area (Å²) < 4.78 is 30.6. The van der Waals surface area contributed by atoms with E-state index in [0.29, 0.717) is 4.57 Å². The Morgan fingerprint density at radius 2 is 1.58 bits per heavy atom. The first-order valence-corrected chi connectivity index (χ1v) is 10.5. The molecule has 0 fully saturated rings. The molecule has 3 aromatic carbocycles. The molecular weight excluding hydrogens is 450 g/mol. The zero-order valence-corrected chi connectivity index (χ0v) is 18.0. The third-order valence-corrected chi connectivity index (χ3v) is 5.55. The van der Waals surface area contributed by atoms with E-state index in [1.54, 1.807) is 24.3 Å². The molecule has 0 radical (unpaired) electrons. The minimum atomic E-state index is -0.867. The van der Waals surface area contributed by atoms with Crippen LogP contribution in [0.1, 0.15) is 22.9 Å². The maximum absolute atomic E-state index is 14.5. The summed E-state index contributed by atoms with van der Waals surface area (Å²) in [7, 11) is 0. The first-order chi connectivity index (χ1) is 15.9. The van der Waals surface area contributed by atoms with Gasteiger partial charge < -0.3 is 5.73 Å². The first-order valence-electron chi connectivity index (χ1n) is 10.1. The van der Waals surface area contributed by atoms with Crippen molar-refractivity contribution in [3.05, 3.63) is 127 Å². The van der Waals surface area contributed by atoms with E-state index in [4.69, 9.17) is 17.3 Å². The molecule has 0 spiro atoms. The Morgan fingerprint density at radius 3 is 2.27 bits per heavy atom. The van der Waals surface area contributed by atoms with Crippen LogP contribution in [-0.2, 0) is 13.0 Å². The van der Waals surface area contributed by atoms with Crippen molar-refractivity contribution in [3.8, 4) is 5.69 Å². The number of benzene rings is 3. The number of hydrogen-bond acceptors (Lipinski definition) is 4. The fourth-order valence-corrected chi connectivity index (χ4v) is 3.73. The number of nitrogens with zero attached hydrogens (tertiary/aromatic N) is 3. The summed E-state index contributed by atoms with van der Waals surface area (Å²) in [5, 5.41) is 4.28. The van der Waals surface area contributed by atoms with Gasteiger partial charge in [0, 0.05) is 23.0 Å². The molecule has 0 aliphatic rings. The van der Waals surface area contributed by atoms with Crippen molar-refractivity contribution in [2.45, 2.75) is 19.0 Å². The lowest BCUT2D eigenvalue weighted by atomic mass is 10.1. The van der Waals surface area contributed by atoms with Crippen molar-refractivity contribution < 1.29 is 8.78 Å². The van der Waals surface area contributed by atoms with Gasteiger partial charge in [-0.25, -0.2) is 22.8 Å². The molecule has 4 aromatic rings. The normalized spacial score (nSPS) is 12.0. The molecule has 6 nitrogen and oxygen atoms in total. The zero-order chi connectivity index (χ0) is 23.5. The van der Waals surface area contributed by atoms with E-state index in [-0.39, 0.29) is 34.9 Å². The third-order valence-electron chi connectivity index (χ3n) is 5.20. The quantitative estimate of drug-likeness (QED) is 0.468. The first kappa shape index (κ1) is 22.6. The minimum Gasteiger partial charge on any atom is -0.322 e. The Kier molecular flexibility index (Phi) is 6.48. The number of aromatic nitrogens is 3. The Balaban J connectivity index is 1.89. The van der Waals surface area contributed by atoms with Crippen LogP contribution < -0.4 is 17.0 Å². The summed E-state index contributed by atoms with van der Waals surface area (Å²) in [5.74, 6) is -1.39. The Morgan fingerprint density at radius 1 is 0.909 bits per heavy atom. The Labute approximate surface area is 192 Å². The summed E-state index contributed by atoms with van der Waals surface area (Å²) in [6.45, 7) is -0.0877. The highest BCUT2D eigenvalue weighted by atomic mass is 35.5. The summed E-state index contributed by atoms with van der Waals surface area (Å²) >= 11 is 6.12. The molecule has 9 heteroatoms. The van der Waals surface area contributed by atoms with Gasteiger partial charge in [-0.3, -0.25) is 4.79 Å². The van der Waals surface area contributed by atoms with E-state index < -0.39 is 28.9 Å². The summed E-state index contributed by atoms with van der Waals surface area (Å²) in [4.78, 5) is 26.4. The van der Waals surface area contributed by atoms with Gasteiger partial charge in [0.2, 0.25) is 0 Å². The highest BCUT2D eigenvalue weighted by molar-refractivity contribution is 6.31. The Hall–Kier alpha value is -3.62. The highest BCUT2D eigenvalue weighted by Crippen LogP contribution is 2.21. The van der Waals surface area contributed by atoms with Gasteiger partial charge in [0.05, 0.1) is 12.2 Å². The van der Waals surface area contributed by atoms with E-state index in [2.05, 4.69) is 5.10 Å². The van der Waals surface area contributed by atoms with Crippen molar-refractivity contribution in [3.63, 3.8) is 0 Å². The third kappa shape index (κ3) is 4.62. The monoisotopic (exact) mass is 468 g/mol. The van der Waals surface area contributed by atoms with Crippen LogP contribution >= 0.6 is 11.6 Å².